The molecule has 72 valence electrons. The van der Waals surface area contributed by atoms with Crippen LogP contribution in [0.5, 0.6) is 0 Å². The van der Waals surface area contributed by atoms with Crippen molar-refractivity contribution in [1.29, 1.82) is 0 Å². The van der Waals surface area contributed by atoms with Crippen LogP contribution in [0.25, 0.3) is 0 Å². The van der Waals surface area contributed by atoms with Crippen molar-refractivity contribution in [2.75, 3.05) is 13.1 Å². The second-order valence-electron chi connectivity index (χ2n) is 3.74. The zero-order valence-electron chi connectivity index (χ0n) is 7.86. The zero-order chi connectivity index (χ0) is 9.26. The number of β-amino-alcohol motifs (C(OH)–C–C–N with tert-alkyl or cyclic N) is 1. The highest BCUT2D eigenvalue weighted by atomic mass is 32.1. The predicted octanol–water partition coefficient (Wildman–Crippen LogP) is 1.62. The number of aryl methyl sites for hydroxylation is 1. The van der Waals surface area contributed by atoms with Crippen molar-refractivity contribution in [2.45, 2.75) is 26.0 Å². The number of nitrogens with zero attached hydrogens (tertiary/aromatic N) is 1. The van der Waals surface area contributed by atoms with Crippen LogP contribution in [0, 0.1) is 6.92 Å². The molecule has 0 aromatic carbocycles. The lowest BCUT2D eigenvalue weighted by Gasteiger charge is -2.13. The molecular formula is C10H15NOS. The summed E-state index contributed by atoms with van der Waals surface area (Å²) in [5, 5.41) is 11.6. The number of aliphatic hydroxyl groups is 1. The van der Waals surface area contributed by atoms with Gasteiger partial charge in [-0.05, 0) is 30.4 Å². The molecule has 2 rings (SSSR count). The van der Waals surface area contributed by atoms with Gasteiger partial charge in [0.15, 0.2) is 0 Å². The molecule has 1 N–H and O–H groups in total. The van der Waals surface area contributed by atoms with E-state index in [0.29, 0.717) is 0 Å². The van der Waals surface area contributed by atoms with Gasteiger partial charge >= 0.3 is 0 Å². The first-order valence-electron chi connectivity index (χ1n) is 4.68. The topological polar surface area (TPSA) is 23.5 Å². The van der Waals surface area contributed by atoms with Crippen LogP contribution in [0.3, 0.4) is 0 Å². The Labute approximate surface area is 82.8 Å². The molecule has 1 fully saturated rings. The molecule has 1 saturated heterocycles. The van der Waals surface area contributed by atoms with Gasteiger partial charge in [-0.25, -0.2) is 0 Å². The Bertz CT molecular complexity index is 284. The Morgan fingerprint density at radius 1 is 1.69 bits per heavy atom. The third-order valence-electron chi connectivity index (χ3n) is 2.44. The normalized spacial score (nSPS) is 24.0. The molecule has 1 atom stereocenters. The van der Waals surface area contributed by atoms with E-state index in [0.717, 1.165) is 26.1 Å². The minimum Gasteiger partial charge on any atom is -0.392 e. The first-order valence-corrected chi connectivity index (χ1v) is 5.56. The van der Waals surface area contributed by atoms with Crippen LogP contribution in [0.1, 0.15) is 16.9 Å². The molecule has 0 unspecified atom stereocenters. The van der Waals surface area contributed by atoms with Crippen molar-refractivity contribution in [1.82, 2.24) is 4.90 Å². The molecule has 0 aliphatic carbocycles. The molecule has 0 bridgehead atoms. The Morgan fingerprint density at radius 2 is 2.54 bits per heavy atom. The van der Waals surface area contributed by atoms with E-state index in [1.807, 2.05) is 0 Å². The third-order valence-corrected chi connectivity index (χ3v) is 3.35. The summed E-state index contributed by atoms with van der Waals surface area (Å²) in [6.07, 6.45) is 0.836. The van der Waals surface area contributed by atoms with Gasteiger partial charge < -0.3 is 5.11 Å². The molecule has 0 saturated carbocycles. The minimum atomic E-state index is -0.0975. The minimum absolute atomic E-state index is 0.0975. The van der Waals surface area contributed by atoms with E-state index in [1.165, 1.54) is 10.4 Å². The van der Waals surface area contributed by atoms with Crippen LogP contribution >= 0.6 is 11.3 Å². The second kappa shape index (κ2) is 3.78. The lowest BCUT2D eigenvalue weighted by molar-refractivity contribution is 0.175. The molecule has 1 aliphatic rings. The molecule has 1 aliphatic heterocycles. The molecule has 0 radical (unpaired) electrons. The summed E-state index contributed by atoms with van der Waals surface area (Å²) in [5.41, 5.74) is 1.39. The summed E-state index contributed by atoms with van der Waals surface area (Å²) in [6.45, 7) is 5.01. The van der Waals surface area contributed by atoms with Crippen LogP contribution in [-0.2, 0) is 6.54 Å². The van der Waals surface area contributed by atoms with Gasteiger partial charge in [-0.2, -0.15) is 0 Å². The Balaban J connectivity index is 1.91. The van der Waals surface area contributed by atoms with Crippen molar-refractivity contribution >= 4 is 11.3 Å². The van der Waals surface area contributed by atoms with Gasteiger partial charge in [-0.3, -0.25) is 4.90 Å². The van der Waals surface area contributed by atoms with E-state index in [4.69, 9.17) is 0 Å². The number of hydrogen-bond acceptors (Lipinski definition) is 3. The van der Waals surface area contributed by atoms with Crippen molar-refractivity contribution in [2.24, 2.45) is 0 Å². The molecule has 2 heterocycles. The quantitative estimate of drug-likeness (QED) is 0.779. The molecule has 0 spiro atoms. The molecule has 0 amide bonds. The maximum atomic E-state index is 9.34. The average molecular weight is 197 g/mol. The number of thiophene rings is 1. The summed E-state index contributed by atoms with van der Waals surface area (Å²) in [4.78, 5) is 3.68. The Hall–Kier alpha value is -0.380. The fourth-order valence-electron chi connectivity index (χ4n) is 1.79. The van der Waals surface area contributed by atoms with Crippen molar-refractivity contribution < 1.29 is 5.11 Å². The van der Waals surface area contributed by atoms with Gasteiger partial charge in [0, 0.05) is 24.5 Å². The predicted molar refractivity (Wildman–Crippen MR) is 55.0 cm³/mol. The number of hydrogen-bond donors (Lipinski definition) is 1. The van der Waals surface area contributed by atoms with Gasteiger partial charge in [0.1, 0.15) is 0 Å². The summed E-state index contributed by atoms with van der Waals surface area (Å²) < 4.78 is 0. The van der Waals surface area contributed by atoms with E-state index in [-0.39, 0.29) is 6.10 Å². The Kier molecular flexibility index (Phi) is 2.67. The van der Waals surface area contributed by atoms with E-state index < -0.39 is 0 Å². The smallest absolute Gasteiger partial charge is 0.0679 e. The molecule has 2 nitrogen and oxygen atoms in total. The molecule has 3 heteroatoms. The van der Waals surface area contributed by atoms with E-state index in [2.05, 4.69) is 23.3 Å². The van der Waals surface area contributed by atoms with Gasteiger partial charge in [-0.15, -0.1) is 11.3 Å². The maximum absolute atomic E-state index is 9.34. The van der Waals surface area contributed by atoms with Crippen LogP contribution in [0.15, 0.2) is 11.4 Å². The highest BCUT2D eigenvalue weighted by Crippen LogP contribution is 2.17. The summed E-state index contributed by atoms with van der Waals surface area (Å²) in [7, 11) is 0. The van der Waals surface area contributed by atoms with E-state index >= 15 is 0 Å². The first-order chi connectivity index (χ1) is 6.24. The maximum Gasteiger partial charge on any atom is 0.0679 e. The van der Waals surface area contributed by atoms with Crippen LogP contribution in [0.2, 0.25) is 0 Å². The number of rotatable bonds is 2. The SMILES string of the molecule is Cc1cc(CN2CC[C@H](O)C2)cs1. The summed E-state index contributed by atoms with van der Waals surface area (Å²) in [6, 6.07) is 2.23. The Morgan fingerprint density at radius 3 is 3.08 bits per heavy atom. The van der Waals surface area contributed by atoms with Gasteiger partial charge in [0.05, 0.1) is 6.10 Å². The lowest BCUT2D eigenvalue weighted by Crippen LogP contribution is -2.21. The number of likely N-dealkylation sites (tertiary alicyclic amines) is 1. The van der Waals surface area contributed by atoms with Crippen molar-refractivity contribution in [3.63, 3.8) is 0 Å². The molecular weight excluding hydrogens is 182 g/mol. The zero-order valence-corrected chi connectivity index (χ0v) is 8.68. The highest BCUT2D eigenvalue weighted by molar-refractivity contribution is 7.10. The highest BCUT2D eigenvalue weighted by Gasteiger charge is 2.19. The largest absolute Gasteiger partial charge is 0.392 e. The van der Waals surface area contributed by atoms with Gasteiger partial charge in [-0.1, -0.05) is 0 Å². The molecule has 1 aromatic heterocycles. The van der Waals surface area contributed by atoms with Crippen molar-refractivity contribution in [3.8, 4) is 0 Å². The molecule has 13 heavy (non-hydrogen) atoms. The van der Waals surface area contributed by atoms with E-state index in [1.54, 1.807) is 11.3 Å². The van der Waals surface area contributed by atoms with Crippen LogP contribution in [0.4, 0.5) is 0 Å². The van der Waals surface area contributed by atoms with Gasteiger partial charge in [0.25, 0.3) is 0 Å². The third kappa shape index (κ3) is 2.30. The monoisotopic (exact) mass is 197 g/mol. The average Bonchev–Trinajstić information content (AvgIpc) is 2.62. The molecule has 1 aromatic rings. The van der Waals surface area contributed by atoms with Crippen LogP contribution < -0.4 is 0 Å². The fraction of sp³-hybridized carbons (Fsp3) is 0.600. The standard InChI is InChI=1S/C10H15NOS/c1-8-4-9(7-13-8)5-11-3-2-10(12)6-11/h4,7,10,12H,2-3,5-6H2,1H3/t10-/m0/s1. The first kappa shape index (κ1) is 9.19. The summed E-state index contributed by atoms with van der Waals surface area (Å²) in [5.74, 6) is 0. The van der Waals surface area contributed by atoms with Crippen molar-refractivity contribution in [3.05, 3.63) is 21.9 Å². The second-order valence-corrected chi connectivity index (χ2v) is 4.86. The van der Waals surface area contributed by atoms with Gasteiger partial charge in [0.2, 0.25) is 0 Å². The van der Waals surface area contributed by atoms with Crippen LogP contribution in [-0.4, -0.2) is 29.2 Å². The lowest BCUT2D eigenvalue weighted by atomic mass is 10.3. The number of aliphatic hydroxyl groups excluding tert-OH is 1. The fourth-order valence-corrected chi connectivity index (χ4v) is 2.49. The van der Waals surface area contributed by atoms with E-state index in [9.17, 15) is 5.11 Å². The summed E-state index contributed by atoms with van der Waals surface area (Å²) >= 11 is 1.80.